The van der Waals surface area contributed by atoms with Gasteiger partial charge in [-0.2, -0.15) is 0 Å². The van der Waals surface area contributed by atoms with E-state index in [9.17, 15) is 9.18 Å². The number of halogens is 1. The van der Waals surface area contributed by atoms with Crippen molar-refractivity contribution in [1.82, 2.24) is 10.3 Å². The summed E-state index contributed by atoms with van der Waals surface area (Å²) < 4.78 is 13.7. The molecule has 5 nitrogen and oxygen atoms in total. The van der Waals surface area contributed by atoms with Crippen molar-refractivity contribution >= 4 is 45.5 Å². The monoisotopic (exact) mass is 444 g/mol. The van der Waals surface area contributed by atoms with Gasteiger partial charge in [0.2, 0.25) is 0 Å². The number of carbonyl (C=O) groups excluding carboxylic acids is 1. The first-order valence-electron chi connectivity index (χ1n) is 10.1. The molecule has 0 unspecified atom stereocenters. The van der Waals surface area contributed by atoms with Crippen molar-refractivity contribution in [2.75, 3.05) is 17.2 Å². The summed E-state index contributed by atoms with van der Waals surface area (Å²) in [5.74, 6) is -1.05. The Labute approximate surface area is 190 Å². The molecule has 0 spiro atoms. The number of thiocarbonyl (C=S) groups is 1. The second-order valence-corrected chi connectivity index (χ2v) is 7.59. The zero-order valence-electron chi connectivity index (χ0n) is 17.1. The number of fused-ring (bicyclic) bond motifs is 1. The summed E-state index contributed by atoms with van der Waals surface area (Å²) >= 11 is 5.36. The van der Waals surface area contributed by atoms with E-state index in [1.165, 1.54) is 12.1 Å². The van der Waals surface area contributed by atoms with Gasteiger partial charge in [0.25, 0.3) is 5.91 Å². The number of anilines is 2. The van der Waals surface area contributed by atoms with Crippen molar-refractivity contribution in [3.63, 3.8) is 0 Å². The Hall–Kier alpha value is -3.84. The lowest BCUT2D eigenvalue weighted by molar-refractivity contribution is 0.102. The van der Waals surface area contributed by atoms with Gasteiger partial charge in [0.1, 0.15) is 5.82 Å². The van der Waals surface area contributed by atoms with Gasteiger partial charge >= 0.3 is 0 Å². The molecule has 7 heteroatoms. The summed E-state index contributed by atoms with van der Waals surface area (Å²) in [5.41, 5.74) is 3.45. The normalized spacial score (nSPS) is 10.5. The minimum Gasteiger partial charge on any atom is -0.362 e. The Morgan fingerprint density at radius 2 is 1.59 bits per heavy atom. The zero-order chi connectivity index (χ0) is 22.3. The molecule has 0 bridgehead atoms. The van der Waals surface area contributed by atoms with Gasteiger partial charge in [-0.1, -0.05) is 30.3 Å². The van der Waals surface area contributed by atoms with Gasteiger partial charge in [0, 0.05) is 29.5 Å². The van der Waals surface area contributed by atoms with Crippen LogP contribution in [0.4, 0.5) is 15.8 Å². The molecule has 0 aliphatic carbocycles. The summed E-state index contributed by atoms with van der Waals surface area (Å²) in [7, 11) is 0. The van der Waals surface area contributed by atoms with Crippen LogP contribution in [0.1, 0.15) is 15.9 Å². The van der Waals surface area contributed by atoms with Crippen LogP contribution in [0.15, 0.2) is 85.1 Å². The molecule has 0 aliphatic heterocycles. The Kier molecular flexibility index (Phi) is 6.67. The number of rotatable bonds is 6. The van der Waals surface area contributed by atoms with E-state index < -0.39 is 11.7 Å². The van der Waals surface area contributed by atoms with Crippen LogP contribution in [0.3, 0.4) is 0 Å². The highest BCUT2D eigenvalue weighted by atomic mass is 32.1. The van der Waals surface area contributed by atoms with E-state index in [-0.39, 0.29) is 5.56 Å². The SMILES string of the molecule is O=C(Nc1ccc(NC(=S)NCCc2cnc3ccccc3c2)cc1)c1ccccc1F. The molecule has 1 heterocycles. The van der Waals surface area contributed by atoms with Gasteiger partial charge in [-0.3, -0.25) is 9.78 Å². The van der Waals surface area contributed by atoms with E-state index in [1.54, 1.807) is 36.4 Å². The number of nitrogens with one attached hydrogen (secondary N) is 3. The zero-order valence-corrected chi connectivity index (χ0v) is 18.0. The van der Waals surface area contributed by atoms with E-state index in [2.05, 4.69) is 27.0 Å². The molecule has 160 valence electrons. The fourth-order valence-electron chi connectivity index (χ4n) is 3.23. The molecule has 0 aliphatic rings. The van der Waals surface area contributed by atoms with Crippen molar-refractivity contribution in [3.05, 3.63) is 102 Å². The molecule has 0 radical (unpaired) electrons. The molecule has 4 rings (SSSR count). The Morgan fingerprint density at radius 1 is 0.906 bits per heavy atom. The van der Waals surface area contributed by atoms with Crippen LogP contribution in [-0.2, 0) is 6.42 Å². The third kappa shape index (κ3) is 5.44. The van der Waals surface area contributed by atoms with Crippen LogP contribution < -0.4 is 16.0 Å². The molecule has 0 atom stereocenters. The number of hydrogen-bond acceptors (Lipinski definition) is 3. The molecule has 0 fully saturated rings. The Balaban J connectivity index is 1.26. The van der Waals surface area contributed by atoms with E-state index in [1.807, 2.05) is 30.5 Å². The third-order valence-electron chi connectivity index (χ3n) is 4.87. The number of pyridine rings is 1. The lowest BCUT2D eigenvalue weighted by Crippen LogP contribution is -2.30. The first-order valence-corrected chi connectivity index (χ1v) is 10.5. The molecule has 1 aromatic heterocycles. The standard InChI is InChI=1S/C25H21FN4OS/c26-22-7-3-2-6-21(22)24(31)29-19-9-11-20(12-10-19)30-25(32)27-14-13-17-15-18-5-1-4-8-23(18)28-16-17/h1-12,15-16H,13-14H2,(H,29,31)(H2,27,30,32). The van der Waals surface area contributed by atoms with Crippen LogP contribution in [-0.4, -0.2) is 22.5 Å². The van der Waals surface area contributed by atoms with Gasteiger partial charge in [-0.25, -0.2) is 4.39 Å². The van der Waals surface area contributed by atoms with Crippen molar-refractivity contribution in [3.8, 4) is 0 Å². The second kappa shape index (κ2) is 9.98. The lowest BCUT2D eigenvalue weighted by Gasteiger charge is -2.12. The molecular formula is C25H21FN4OS. The molecule has 0 saturated heterocycles. The number of nitrogens with zero attached hydrogens (tertiary/aromatic N) is 1. The molecular weight excluding hydrogens is 423 g/mol. The number of benzene rings is 3. The van der Waals surface area contributed by atoms with Crippen LogP contribution in [0.25, 0.3) is 10.9 Å². The highest BCUT2D eigenvalue weighted by Gasteiger charge is 2.10. The van der Waals surface area contributed by atoms with Gasteiger partial charge in [0.05, 0.1) is 11.1 Å². The van der Waals surface area contributed by atoms with Gasteiger partial charge in [-0.05, 0) is 72.7 Å². The van der Waals surface area contributed by atoms with Crippen molar-refractivity contribution in [2.45, 2.75) is 6.42 Å². The average Bonchev–Trinajstić information content (AvgIpc) is 2.80. The highest BCUT2D eigenvalue weighted by molar-refractivity contribution is 7.80. The quantitative estimate of drug-likeness (QED) is 0.359. The van der Waals surface area contributed by atoms with Crippen LogP contribution >= 0.6 is 12.2 Å². The van der Waals surface area contributed by atoms with E-state index in [0.717, 1.165) is 28.6 Å². The van der Waals surface area contributed by atoms with E-state index >= 15 is 0 Å². The highest BCUT2D eigenvalue weighted by Crippen LogP contribution is 2.16. The van der Waals surface area contributed by atoms with Gasteiger partial charge in [-0.15, -0.1) is 0 Å². The van der Waals surface area contributed by atoms with E-state index in [4.69, 9.17) is 12.2 Å². The minimum absolute atomic E-state index is 0.00157. The maximum Gasteiger partial charge on any atom is 0.258 e. The number of aromatic nitrogens is 1. The van der Waals surface area contributed by atoms with Crippen LogP contribution in [0.2, 0.25) is 0 Å². The lowest BCUT2D eigenvalue weighted by atomic mass is 10.1. The largest absolute Gasteiger partial charge is 0.362 e. The molecule has 32 heavy (non-hydrogen) atoms. The maximum atomic E-state index is 13.7. The third-order valence-corrected chi connectivity index (χ3v) is 5.11. The fraction of sp³-hybridized carbons (Fsp3) is 0.0800. The number of para-hydroxylation sites is 1. The molecule has 3 aromatic carbocycles. The second-order valence-electron chi connectivity index (χ2n) is 7.18. The molecule has 4 aromatic rings. The van der Waals surface area contributed by atoms with Gasteiger partial charge < -0.3 is 16.0 Å². The average molecular weight is 445 g/mol. The summed E-state index contributed by atoms with van der Waals surface area (Å²) in [6, 6.07) is 23.1. The Morgan fingerprint density at radius 3 is 2.38 bits per heavy atom. The maximum absolute atomic E-state index is 13.7. The fourth-order valence-corrected chi connectivity index (χ4v) is 3.45. The van der Waals surface area contributed by atoms with Crippen LogP contribution in [0.5, 0.6) is 0 Å². The molecule has 0 saturated carbocycles. The predicted molar refractivity (Wildman–Crippen MR) is 130 cm³/mol. The molecule has 3 N–H and O–H groups in total. The predicted octanol–water partition coefficient (Wildman–Crippen LogP) is 5.16. The van der Waals surface area contributed by atoms with Gasteiger partial charge in [0.15, 0.2) is 5.11 Å². The van der Waals surface area contributed by atoms with E-state index in [0.29, 0.717) is 17.3 Å². The number of carbonyl (C=O) groups is 1. The summed E-state index contributed by atoms with van der Waals surface area (Å²) in [6.45, 7) is 0.669. The molecule has 1 amide bonds. The minimum atomic E-state index is -0.556. The summed E-state index contributed by atoms with van der Waals surface area (Å²) in [4.78, 5) is 16.7. The summed E-state index contributed by atoms with van der Waals surface area (Å²) in [6.07, 6.45) is 2.68. The first-order chi connectivity index (χ1) is 15.6. The van der Waals surface area contributed by atoms with Crippen molar-refractivity contribution in [1.29, 1.82) is 0 Å². The first kappa shape index (κ1) is 21.4. The topological polar surface area (TPSA) is 66.1 Å². The Bertz CT molecular complexity index is 1260. The smallest absolute Gasteiger partial charge is 0.258 e. The number of hydrogen-bond donors (Lipinski definition) is 3. The number of amides is 1. The van der Waals surface area contributed by atoms with Crippen LogP contribution in [0, 0.1) is 5.82 Å². The van der Waals surface area contributed by atoms with Crippen molar-refractivity contribution in [2.24, 2.45) is 0 Å². The van der Waals surface area contributed by atoms with Crippen molar-refractivity contribution < 1.29 is 9.18 Å². The summed E-state index contributed by atoms with van der Waals surface area (Å²) in [5, 5.41) is 10.6.